The molecule has 4 nitrogen and oxygen atoms in total. The zero-order valence-corrected chi connectivity index (χ0v) is 18.8. The van der Waals surface area contributed by atoms with Gasteiger partial charge in [-0.25, -0.2) is 4.98 Å². The van der Waals surface area contributed by atoms with Crippen LogP contribution in [0.1, 0.15) is 33.5 Å². The Morgan fingerprint density at radius 1 is 1.00 bits per heavy atom. The Kier molecular flexibility index (Phi) is 7.58. The molecule has 1 aromatic heterocycles. The van der Waals surface area contributed by atoms with Crippen molar-refractivity contribution in [2.75, 3.05) is 32.1 Å². The van der Waals surface area contributed by atoms with Crippen LogP contribution in [0.25, 0.3) is 10.2 Å². The van der Waals surface area contributed by atoms with Gasteiger partial charge in [-0.3, -0.25) is 9.69 Å². The van der Waals surface area contributed by atoms with Gasteiger partial charge < -0.3 is 4.90 Å². The lowest BCUT2D eigenvalue weighted by molar-refractivity contribution is 0.0986. The molecule has 0 aliphatic heterocycles. The molecule has 0 spiro atoms. The van der Waals surface area contributed by atoms with Gasteiger partial charge in [-0.05, 0) is 88.8 Å². The maximum atomic E-state index is 13.3. The Balaban J connectivity index is 0.00000280. The summed E-state index contributed by atoms with van der Waals surface area (Å²) in [7, 11) is 4.10. The molecular formula is C22H28ClN3OS. The number of benzene rings is 2. The first kappa shape index (κ1) is 22.3. The molecule has 0 unspecified atom stereocenters. The Bertz CT molecular complexity index is 968. The molecule has 28 heavy (non-hydrogen) atoms. The summed E-state index contributed by atoms with van der Waals surface area (Å²) in [6.07, 6.45) is 0.901. The number of hydrogen-bond donors (Lipinski definition) is 0. The normalized spacial score (nSPS) is 10.9. The van der Waals surface area contributed by atoms with E-state index in [0.29, 0.717) is 6.54 Å². The highest BCUT2D eigenvalue weighted by molar-refractivity contribution is 7.22. The molecule has 0 aliphatic rings. The third-order valence-corrected chi connectivity index (χ3v) is 5.79. The van der Waals surface area contributed by atoms with Gasteiger partial charge in [0.15, 0.2) is 5.13 Å². The molecule has 0 radical (unpaired) electrons. The number of halogens is 1. The highest BCUT2D eigenvalue weighted by Gasteiger charge is 2.21. The van der Waals surface area contributed by atoms with Gasteiger partial charge in [0.05, 0.1) is 10.2 Å². The molecule has 0 fully saturated rings. The zero-order chi connectivity index (χ0) is 19.6. The molecule has 1 amide bonds. The van der Waals surface area contributed by atoms with Gasteiger partial charge in [-0.15, -0.1) is 12.4 Å². The third-order valence-electron chi connectivity index (χ3n) is 4.75. The van der Waals surface area contributed by atoms with E-state index in [0.717, 1.165) is 39.4 Å². The smallest absolute Gasteiger partial charge is 0.260 e. The molecular weight excluding hydrogens is 390 g/mol. The van der Waals surface area contributed by atoms with E-state index in [-0.39, 0.29) is 18.3 Å². The molecule has 3 rings (SSSR count). The monoisotopic (exact) mass is 417 g/mol. The van der Waals surface area contributed by atoms with Crippen molar-refractivity contribution in [3.8, 4) is 0 Å². The molecule has 150 valence electrons. The number of aromatic nitrogens is 1. The topological polar surface area (TPSA) is 36.4 Å². The minimum absolute atomic E-state index is 0. The number of anilines is 1. The van der Waals surface area contributed by atoms with Crippen LogP contribution >= 0.6 is 23.7 Å². The van der Waals surface area contributed by atoms with Crippen molar-refractivity contribution in [1.29, 1.82) is 0 Å². The van der Waals surface area contributed by atoms with Gasteiger partial charge in [0.1, 0.15) is 0 Å². The van der Waals surface area contributed by atoms with Crippen molar-refractivity contribution >= 4 is 45.0 Å². The number of aryl methyl sites for hydroxylation is 3. The van der Waals surface area contributed by atoms with Gasteiger partial charge in [-0.2, -0.15) is 0 Å². The lowest BCUT2D eigenvalue weighted by Gasteiger charge is -2.21. The van der Waals surface area contributed by atoms with Gasteiger partial charge in [0, 0.05) is 12.1 Å². The fraction of sp³-hybridized carbons (Fsp3) is 0.364. The summed E-state index contributed by atoms with van der Waals surface area (Å²) in [5.74, 6) is 0.0210. The van der Waals surface area contributed by atoms with E-state index in [1.54, 1.807) is 11.3 Å². The average Bonchev–Trinajstić information content (AvgIpc) is 3.03. The highest BCUT2D eigenvalue weighted by atomic mass is 35.5. The second kappa shape index (κ2) is 9.50. The summed E-state index contributed by atoms with van der Waals surface area (Å²) in [4.78, 5) is 22.0. The maximum absolute atomic E-state index is 13.3. The molecule has 0 atom stereocenters. The Morgan fingerprint density at radius 3 is 2.43 bits per heavy atom. The van der Waals surface area contributed by atoms with Crippen molar-refractivity contribution in [3.63, 3.8) is 0 Å². The minimum Gasteiger partial charge on any atom is -0.309 e. The molecule has 1 heterocycles. The third kappa shape index (κ3) is 5.10. The molecule has 0 saturated carbocycles. The van der Waals surface area contributed by atoms with E-state index in [2.05, 4.69) is 45.0 Å². The van der Waals surface area contributed by atoms with E-state index in [1.165, 1.54) is 11.1 Å². The van der Waals surface area contributed by atoms with Crippen LogP contribution in [0.15, 0.2) is 36.4 Å². The summed E-state index contributed by atoms with van der Waals surface area (Å²) in [6.45, 7) is 7.77. The summed E-state index contributed by atoms with van der Waals surface area (Å²) in [5.41, 5.74) is 5.21. The first-order valence-corrected chi connectivity index (χ1v) is 10.1. The molecule has 0 bridgehead atoms. The molecule has 6 heteroatoms. The molecule has 3 aromatic rings. The fourth-order valence-corrected chi connectivity index (χ4v) is 4.08. The summed E-state index contributed by atoms with van der Waals surface area (Å²) in [5, 5.41) is 0.776. The van der Waals surface area contributed by atoms with Crippen molar-refractivity contribution in [2.24, 2.45) is 0 Å². The van der Waals surface area contributed by atoms with Gasteiger partial charge in [0.25, 0.3) is 5.91 Å². The van der Waals surface area contributed by atoms with Crippen LogP contribution in [0.4, 0.5) is 5.13 Å². The quantitative estimate of drug-likeness (QED) is 0.550. The largest absolute Gasteiger partial charge is 0.309 e. The SMILES string of the molecule is Cc1ccc2nc(N(CCCN(C)C)C(=O)c3ccc(C)c(C)c3)sc2c1.Cl. The number of hydrogen-bond acceptors (Lipinski definition) is 4. The number of thiazole rings is 1. The average molecular weight is 418 g/mol. The number of rotatable bonds is 6. The Labute approximate surface area is 177 Å². The second-order valence-corrected chi connectivity index (χ2v) is 8.39. The van der Waals surface area contributed by atoms with Gasteiger partial charge >= 0.3 is 0 Å². The van der Waals surface area contributed by atoms with Gasteiger partial charge in [0.2, 0.25) is 0 Å². The first-order valence-electron chi connectivity index (χ1n) is 9.26. The zero-order valence-electron chi connectivity index (χ0n) is 17.2. The van der Waals surface area contributed by atoms with Crippen molar-refractivity contribution < 1.29 is 4.79 Å². The summed E-state index contributed by atoms with van der Waals surface area (Å²) < 4.78 is 1.12. The van der Waals surface area contributed by atoms with Crippen LogP contribution in [-0.2, 0) is 0 Å². The predicted molar refractivity (Wildman–Crippen MR) is 122 cm³/mol. The van der Waals surface area contributed by atoms with E-state index in [4.69, 9.17) is 4.98 Å². The standard InChI is InChI=1S/C22H27N3OS.ClH/c1-15-7-10-19-20(13-15)27-22(23-19)25(12-6-11-24(4)5)21(26)18-9-8-16(2)17(3)14-18;/h7-10,13-14H,6,11-12H2,1-5H3;1H. The number of carbonyl (C=O) groups excluding carboxylic acids is 1. The van der Waals surface area contributed by atoms with E-state index >= 15 is 0 Å². The summed E-state index contributed by atoms with van der Waals surface area (Å²) >= 11 is 1.59. The van der Waals surface area contributed by atoms with E-state index in [9.17, 15) is 4.79 Å². The molecule has 0 N–H and O–H groups in total. The lowest BCUT2D eigenvalue weighted by Crippen LogP contribution is -2.33. The second-order valence-electron chi connectivity index (χ2n) is 7.38. The Hall–Kier alpha value is -1.95. The summed E-state index contributed by atoms with van der Waals surface area (Å²) in [6, 6.07) is 12.1. The van der Waals surface area contributed by atoms with E-state index in [1.807, 2.05) is 36.1 Å². The first-order chi connectivity index (χ1) is 12.8. The molecule has 0 aliphatic carbocycles. The lowest BCUT2D eigenvalue weighted by atomic mass is 10.1. The van der Waals surface area contributed by atoms with Crippen LogP contribution in [-0.4, -0.2) is 43.0 Å². The van der Waals surface area contributed by atoms with E-state index < -0.39 is 0 Å². The van der Waals surface area contributed by atoms with Crippen LogP contribution in [0.2, 0.25) is 0 Å². The number of nitrogens with zero attached hydrogens (tertiary/aromatic N) is 3. The molecule has 0 saturated heterocycles. The van der Waals surface area contributed by atoms with Crippen LogP contribution in [0.3, 0.4) is 0 Å². The number of fused-ring (bicyclic) bond motifs is 1. The van der Waals surface area contributed by atoms with Crippen LogP contribution in [0.5, 0.6) is 0 Å². The number of carbonyl (C=O) groups is 1. The Morgan fingerprint density at radius 2 is 1.75 bits per heavy atom. The van der Waals surface area contributed by atoms with Crippen molar-refractivity contribution in [1.82, 2.24) is 9.88 Å². The predicted octanol–water partition coefficient (Wildman–Crippen LogP) is 5.24. The molecule has 2 aromatic carbocycles. The minimum atomic E-state index is 0. The fourth-order valence-electron chi connectivity index (χ4n) is 2.99. The van der Waals surface area contributed by atoms with Gasteiger partial charge in [-0.1, -0.05) is 23.5 Å². The van der Waals surface area contributed by atoms with Crippen molar-refractivity contribution in [3.05, 3.63) is 58.7 Å². The van der Waals surface area contributed by atoms with Crippen LogP contribution in [0, 0.1) is 20.8 Å². The highest BCUT2D eigenvalue weighted by Crippen LogP contribution is 2.30. The number of amides is 1. The van der Waals surface area contributed by atoms with Crippen LogP contribution < -0.4 is 4.90 Å². The van der Waals surface area contributed by atoms with Crippen molar-refractivity contribution in [2.45, 2.75) is 27.2 Å². The maximum Gasteiger partial charge on any atom is 0.260 e.